The van der Waals surface area contributed by atoms with Gasteiger partial charge in [-0.15, -0.1) is 0 Å². The van der Waals surface area contributed by atoms with Crippen molar-refractivity contribution in [3.63, 3.8) is 0 Å². The number of nitrogens with one attached hydrogen (secondary N) is 1. The summed E-state index contributed by atoms with van der Waals surface area (Å²) in [6.07, 6.45) is 0. The molecule has 0 spiro atoms. The molecule has 0 saturated heterocycles. The number of methoxy groups -OCH3 is 2. The van der Waals surface area contributed by atoms with Gasteiger partial charge in [-0.25, -0.2) is 0 Å². The van der Waals surface area contributed by atoms with Gasteiger partial charge in [-0.2, -0.15) is 0 Å². The first kappa shape index (κ1) is 13.9. The fourth-order valence-corrected chi connectivity index (χ4v) is 2.24. The van der Waals surface area contributed by atoms with Crippen molar-refractivity contribution in [2.45, 2.75) is 27.0 Å². The number of hydrogen-bond acceptors (Lipinski definition) is 4. The highest BCUT2D eigenvalue weighted by atomic mass is 16.5. The van der Waals surface area contributed by atoms with Crippen molar-refractivity contribution in [2.75, 3.05) is 20.8 Å². The predicted molar refractivity (Wildman–Crippen MR) is 75.6 cm³/mol. The lowest BCUT2D eigenvalue weighted by Gasteiger charge is -2.03. The molecule has 0 radical (unpaired) electrons. The molecule has 0 unspecified atom stereocenters. The number of hydrogen-bond donors (Lipinski definition) is 1. The van der Waals surface area contributed by atoms with E-state index in [2.05, 4.69) is 25.2 Å². The molecule has 0 aliphatic carbocycles. The summed E-state index contributed by atoms with van der Waals surface area (Å²) < 4.78 is 16.7. The topological polar surface area (TPSA) is 43.6 Å². The summed E-state index contributed by atoms with van der Waals surface area (Å²) in [4.78, 5) is 0. The molecule has 4 heteroatoms. The van der Waals surface area contributed by atoms with Gasteiger partial charge in [-0.3, -0.25) is 0 Å². The molecular weight excluding hydrogens is 242 g/mol. The Balaban J connectivity index is 2.58. The number of rotatable bonds is 6. The lowest BCUT2D eigenvalue weighted by atomic mass is 10.1. The molecular formula is C15H21NO3. The normalized spacial score (nSPS) is 11.2. The van der Waals surface area contributed by atoms with E-state index in [9.17, 15) is 0 Å². The van der Waals surface area contributed by atoms with Gasteiger partial charge in [0.25, 0.3) is 0 Å². The zero-order chi connectivity index (χ0) is 13.8. The Morgan fingerprint density at radius 1 is 1.26 bits per heavy atom. The highest BCUT2D eigenvalue weighted by Gasteiger charge is 2.17. The molecule has 1 aromatic carbocycles. The molecule has 0 fully saturated rings. The van der Waals surface area contributed by atoms with E-state index in [1.54, 1.807) is 14.2 Å². The van der Waals surface area contributed by atoms with Gasteiger partial charge in [0.2, 0.25) is 0 Å². The molecule has 1 aromatic heterocycles. The predicted octanol–water partition coefficient (Wildman–Crippen LogP) is 3.01. The van der Waals surface area contributed by atoms with Crippen LogP contribution >= 0.6 is 0 Å². The third-order valence-corrected chi connectivity index (χ3v) is 3.13. The average Bonchev–Trinajstić information content (AvgIpc) is 2.74. The van der Waals surface area contributed by atoms with Gasteiger partial charge in [-0.1, -0.05) is 6.92 Å². The Bertz CT molecular complexity index is 560. The third kappa shape index (κ3) is 2.74. The lowest BCUT2D eigenvalue weighted by Crippen LogP contribution is -2.12. The highest BCUT2D eigenvalue weighted by Crippen LogP contribution is 2.34. The number of ether oxygens (including phenoxy) is 2. The van der Waals surface area contributed by atoms with Crippen molar-refractivity contribution in [3.8, 4) is 5.75 Å². The van der Waals surface area contributed by atoms with Crippen LogP contribution in [0.1, 0.15) is 23.8 Å². The van der Waals surface area contributed by atoms with E-state index >= 15 is 0 Å². The summed E-state index contributed by atoms with van der Waals surface area (Å²) in [6.45, 7) is 6.27. The molecule has 104 valence electrons. The first-order chi connectivity index (χ1) is 9.21. The number of aryl methyl sites for hydroxylation is 1. The maximum absolute atomic E-state index is 5.96. The number of furan rings is 1. The minimum atomic E-state index is 0.542. The van der Waals surface area contributed by atoms with Crippen molar-refractivity contribution in [1.29, 1.82) is 0 Å². The molecule has 1 N–H and O–H groups in total. The van der Waals surface area contributed by atoms with Crippen LogP contribution in [0.5, 0.6) is 5.75 Å². The van der Waals surface area contributed by atoms with E-state index in [1.807, 2.05) is 6.07 Å². The van der Waals surface area contributed by atoms with Crippen LogP contribution in [-0.4, -0.2) is 20.8 Å². The van der Waals surface area contributed by atoms with Crippen molar-refractivity contribution in [2.24, 2.45) is 0 Å². The third-order valence-electron chi connectivity index (χ3n) is 3.13. The molecule has 4 nitrogen and oxygen atoms in total. The maximum Gasteiger partial charge on any atom is 0.176 e. The molecule has 0 amide bonds. The zero-order valence-corrected chi connectivity index (χ0v) is 12.0. The van der Waals surface area contributed by atoms with Gasteiger partial charge in [0.1, 0.15) is 5.76 Å². The van der Waals surface area contributed by atoms with Crippen molar-refractivity contribution < 1.29 is 13.9 Å². The van der Waals surface area contributed by atoms with Crippen LogP contribution in [0.15, 0.2) is 16.5 Å². The van der Waals surface area contributed by atoms with Crippen LogP contribution in [-0.2, 0) is 17.9 Å². The second kappa shape index (κ2) is 6.08. The summed E-state index contributed by atoms with van der Waals surface area (Å²) in [6, 6.07) is 4.10. The molecule has 0 aliphatic heterocycles. The fraction of sp³-hybridized carbons (Fsp3) is 0.467. The molecule has 0 aliphatic rings. The quantitative estimate of drug-likeness (QED) is 0.870. The molecule has 1 heterocycles. The summed E-state index contributed by atoms with van der Waals surface area (Å²) >= 11 is 0. The lowest BCUT2D eigenvalue weighted by molar-refractivity contribution is 0.183. The van der Waals surface area contributed by atoms with Gasteiger partial charge >= 0.3 is 0 Å². The van der Waals surface area contributed by atoms with Crippen LogP contribution in [0.3, 0.4) is 0 Å². The van der Waals surface area contributed by atoms with Gasteiger partial charge < -0.3 is 19.2 Å². The van der Waals surface area contributed by atoms with Gasteiger partial charge in [0, 0.05) is 18.1 Å². The summed E-state index contributed by atoms with van der Waals surface area (Å²) in [7, 11) is 3.36. The first-order valence-corrected chi connectivity index (χ1v) is 6.49. The molecule has 0 atom stereocenters. The Hall–Kier alpha value is -1.52. The standard InChI is InChI=1S/C15H21NO3/c1-5-16-8-14-12(9-17-3)11-6-10(2)7-13(18-4)15(11)19-14/h6-7,16H,5,8-9H2,1-4H3. The largest absolute Gasteiger partial charge is 0.493 e. The summed E-state index contributed by atoms with van der Waals surface area (Å²) in [5, 5.41) is 4.36. The highest BCUT2D eigenvalue weighted by molar-refractivity contribution is 5.88. The maximum atomic E-state index is 5.96. The Labute approximate surface area is 113 Å². The van der Waals surface area contributed by atoms with Gasteiger partial charge in [0.05, 0.1) is 20.3 Å². The minimum Gasteiger partial charge on any atom is -0.493 e. The molecule has 0 saturated carbocycles. The van der Waals surface area contributed by atoms with Crippen LogP contribution in [0.4, 0.5) is 0 Å². The molecule has 19 heavy (non-hydrogen) atoms. The summed E-state index contributed by atoms with van der Waals surface area (Å²) in [5.41, 5.74) is 3.05. The van der Waals surface area contributed by atoms with Crippen molar-refractivity contribution >= 4 is 11.0 Å². The van der Waals surface area contributed by atoms with Crippen LogP contribution in [0.2, 0.25) is 0 Å². The van der Waals surface area contributed by atoms with Gasteiger partial charge in [0.15, 0.2) is 11.3 Å². The summed E-state index contributed by atoms with van der Waals surface area (Å²) in [5.74, 6) is 1.69. The van der Waals surface area contributed by atoms with E-state index in [4.69, 9.17) is 13.9 Å². The first-order valence-electron chi connectivity index (χ1n) is 6.49. The second-order valence-corrected chi connectivity index (χ2v) is 4.56. The monoisotopic (exact) mass is 263 g/mol. The van der Waals surface area contributed by atoms with Crippen LogP contribution < -0.4 is 10.1 Å². The number of benzene rings is 1. The fourth-order valence-electron chi connectivity index (χ4n) is 2.24. The zero-order valence-electron chi connectivity index (χ0n) is 12.0. The Kier molecular flexibility index (Phi) is 4.45. The Morgan fingerprint density at radius 2 is 2.05 bits per heavy atom. The van der Waals surface area contributed by atoms with E-state index in [1.165, 1.54) is 0 Å². The van der Waals surface area contributed by atoms with Crippen molar-refractivity contribution in [3.05, 3.63) is 29.0 Å². The smallest absolute Gasteiger partial charge is 0.176 e. The molecule has 2 rings (SSSR count). The molecule has 0 bridgehead atoms. The van der Waals surface area contributed by atoms with Crippen molar-refractivity contribution in [1.82, 2.24) is 5.32 Å². The van der Waals surface area contributed by atoms with Gasteiger partial charge in [-0.05, 0) is 31.2 Å². The van der Waals surface area contributed by atoms with E-state index < -0.39 is 0 Å². The average molecular weight is 263 g/mol. The van der Waals surface area contributed by atoms with Crippen LogP contribution in [0, 0.1) is 6.92 Å². The van der Waals surface area contributed by atoms with E-state index in [0.29, 0.717) is 13.2 Å². The van der Waals surface area contributed by atoms with E-state index in [-0.39, 0.29) is 0 Å². The molecule has 2 aromatic rings. The minimum absolute atomic E-state index is 0.542. The van der Waals surface area contributed by atoms with Crippen LogP contribution in [0.25, 0.3) is 11.0 Å². The Morgan fingerprint density at radius 3 is 2.68 bits per heavy atom. The SMILES string of the molecule is CCNCc1oc2c(OC)cc(C)cc2c1COC. The van der Waals surface area contributed by atoms with E-state index in [0.717, 1.165) is 40.2 Å². The number of fused-ring (bicyclic) bond motifs is 1. The second-order valence-electron chi connectivity index (χ2n) is 4.56.